The molecule has 1 nitrogen and oxygen atoms in total. The lowest BCUT2D eigenvalue weighted by atomic mass is 9.93. The monoisotopic (exact) mass is 285 g/mol. The SMILES string of the molecule is CCC1CCC(NC(c2ccccc2)C(F)(F)F)C1C. The van der Waals surface area contributed by atoms with Gasteiger partial charge in [0, 0.05) is 6.04 Å². The zero-order valence-corrected chi connectivity index (χ0v) is 12.0. The van der Waals surface area contributed by atoms with Gasteiger partial charge in [0.25, 0.3) is 0 Å². The van der Waals surface area contributed by atoms with Crippen LogP contribution in [0.25, 0.3) is 0 Å². The van der Waals surface area contributed by atoms with Crippen molar-refractivity contribution >= 4 is 0 Å². The number of hydrogen-bond donors (Lipinski definition) is 1. The lowest BCUT2D eigenvalue weighted by Gasteiger charge is -2.29. The van der Waals surface area contributed by atoms with Gasteiger partial charge in [-0.05, 0) is 30.2 Å². The highest BCUT2D eigenvalue weighted by molar-refractivity contribution is 5.20. The molecule has 1 fully saturated rings. The fourth-order valence-corrected chi connectivity index (χ4v) is 3.30. The van der Waals surface area contributed by atoms with E-state index < -0.39 is 12.2 Å². The first-order chi connectivity index (χ1) is 9.43. The predicted octanol–water partition coefficient (Wildman–Crippen LogP) is 4.70. The van der Waals surface area contributed by atoms with Crippen LogP contribution in [0.5, 0.6) is 0 Å². The van der Waals surface area contributed by atoms with Gasteiger partial charge < -0.3 is 0 Å². The van der Waals surface area contributed by atoms with Gasteiger partial charge >= 0.3 is 6.18 Å². The Morgan fingerprint density at radius 1 is 1.20 bits per heavy atom. The molecule has 0 radical (unpaired) electrons. The minimum absolute atomic E-state index is 0.0493. The molecule has 0 heterocycles. The molecular formula is C16H22F3N. The lowest BCUT2D eigenvalue weighted by molar-refractivity contribution is -0.160. The summed E-state index contributed by atoms with van der Waals surface area (Å²) >= 11 is 0. The van der Waals surface area contributed by atoms with E-state index in [-0.39, 0.29) is 6.04 Å². The van der Waals surface area contributed by atoms with Crippen molar-refractivity contribution in [3.05, 3.63) is 35.9 Å². The largest absolute Gasteiger partial charge is 0.407 e. The Morgan fingerprint density at radius 2 is 1.85 bits per heavy atom. The van der Waals surface area contributed by atoms with Gasteiger partial charge in [0.05, 0.1) is 0 Å². The van der Waals surface area contributed by atoms with Crippen LogP contribution in [0, 0.1) is 11.8 Å². The normalized spacial score (nSPS) is 28.6. The first-order valence-corrected chi connectivity index (χ1v) is 7.31. The predicted molar refractivity (Wildman–Crippen MR) is 74.3 cm³/mol. The summed E-state index contributed by atoms with van der Waals surface area (Å²) in [4.78, 5) is 0. The maximum absolute atomic E-state index is 13.3. The Labute approximate surface area is 118 Å². The molecule has 112 valence electrons. The second-order valence-corrected chi connectivity index (χ2v) is 5.76. The van der Waals surface area contributed by atoms with Crippen molar-refractivity contribution in [1.82, 2.24) is 5.32 Å². The van der Waals surface area contributed by atoms with Crippen LogP contribution in [0.15, 0.2) is 30.3 Å². The van der Waals surface area contributed by atoms with Gasteiger partial charge in [-0.3, -0.25) is 5.32 Å². The molecule has 4 heteroatoms. The molecule has 2 rings (SSSR count). The second-order valence-electron chi connectivity index (χ2n) is 5.76. The van der Waals surface area contributed by atoms with Crippen LogP contribution < -0.4 is 5.32 Å². The fourth-order valence-electron chi connectivity index (χ4n) is 3.30. The highest BCUT2D eigenvalue weighted by Crippen LogP contribution is 2.38. The molecule has 0 aromatic heterocycles. The number of hydrogen-bond acceptors (Lipinski definition) is 1. The Bertz CT molecular complexity index is 415. The summed E-state index contributed by atoms with van der Waals surface area (Å²) in [5.74, 6) is 0.839. The minimum Gasteiger partial charge on any atom is -0.299 e. The van der Waals surface area contributed by atoms with Crippen LogP contribution in [0.3, 0.4) is 0 Å². The molecule has 0 bridgehead atoms. The zero-order chi connectivity index (χ0) is 14.8. The summed E-state index contributed by atoms with van der Waals surface area (Å²) in [6.07, 6.45) is -1.36. The molecule has 0 spiro atoms. The van der Waals surface area contributed by atoms with Crippen molar-refractivity contribution < 1.29 is 13.2 Å². The summed E-state index contributed by atoms with van der Waals surface area (Å²) in [7, 11) is 0. The lowest BCUT2D eigenvalue weighted by Crippen LogP contribution is -2.42. The highest BCUT2D eigenvalue weighted by Gasteiger charge is 2.44. The summed E-state index contributed by atoms with van der Waals surface area (Å²) in [6.45, 7) is 4.18. The molecule has 1 aliphatic rings. The average Bonchev–Trinajstić information content (AvgIpc) is 2.76. The van der Waals surface area contributed by atoms with Crippen molar-refractivity contribution in [3.8, 4) is 0 Å². The zero-order valence-electron chi connectivity index (χ0n) is 12.0. The van der Waals surface area contributed by atoms with E-state index in [2.05, 4.69) is 19.2 Å². The summed E-state index contributed by atoms with van der Waals surface area (Å²) in [5, 5.41) is 2.86. The van der Waals surface area contributed by atoms with E-state index in [0.29, 0.717) is 17.4 Å². The van der Waals surface area contributed by atoms with Crippen molar-refractivity contribution in [3.63, 3.8) is 0 Å². The molecule has 0 saturated heterocycles. The Hall–Kier alpha value is -1.03. The van der Waals surface area contributed by atoms with Gasteiger partial charge in [0.1, 0.15) is 6.04 Å². The second kappa shape index (κ2) is 6.17. The molecule has 1 aromatic rings. The summed E-state index contributed by atoms with van der Waals surface area (Å²) in [5.41, 5.74) is 0.298. The van der Waals surface area contributed by atoms with Crippen molar-refractivity contribution in [2.75, 3.05) is 0 Å². The molecule has 1 aliphatic carbocycles. The minimum atomic E-state index is -4.26. The van der Waals surface area contributed by atoms with Crippen LogP contribution in [-0.2, 0) is 0 Å². The van der Waals surface area contributed by atoms with E-state index in [0.717, 1.165) is 19.3 Å². The number of alkyl halides is 3. The van der Waals surface area contributed by atoms with Crippen molar-refractivity contribution in [1.29, 1.82) is 0 Å². The van der Waals surface area contributed by atoms with E-state index in [9.17, 15) is 13.2 Å². The van der Waals surface area contributed by atoms with E-state index in [1.54, 1.807) is 30.3 Å². The first kappa shape index (κ1) is 15.4. The van der Waals surface area contributed by atoms with Gasteiger partial charge in [0.15, 0.2) is 0 Å². The van der Waals surface area contributed by atoms with Crippen LogP contribution in [0.4, 0.5) is 13.2 Å². The van der Waals surface area contributed by atoms with E-state index in [4.69, 9.17) is 0 Å². The number of benzene rings is 1. The van der Waals surface area contributed by atoms with Gasteiger partial charge in [0.2, 0.25) is 0 Å². The third kappa shape index (κ3) is 3.35. The third-order valence-corrected chi connectivity index (χ3v) is 4.59. The molecule has 0 aliphatic heterocycles. The van der Waals surface area contributed by atoms with Crippen LogP contribution in [0.1, 0.15) is 44.7 Å². The molecule has 1 saturated carbocycles. The number of rotatable bonds is 4. The molecule has 4 atom stereocenters. The van der Waals surface area contributed by atoms with Crippen LogP contribution in [-0.4, -0.2) is 12.2 Å². The van der Waals surface area contributed by atoms with Crippen LogP contribution >= 0.6 is 0 Å². The number of halogens is 3. The van der Waals surface area contributed by atoms with Crippen molar-refractivity contribution in [2.24, 2.45) is 11.8 Å². The first-order valence-electron chi connectivity index (χ1n) is 7.31. The van der Waals surface area contributed by atoms with E-state index >= 15 is 0 Å². The molecule has 4 unspecified atom stereocenters. The van der Waals surface area contributed by atoms with E-state index in [1.807, 2.05) is 0 Å². The van der Waals surface area contributed by atoms with Gasteiger partial charge in [-0.1, -0.05) is 50.6 Å². The van der Waals surface area contributed by atoms with E-state index in [1.165, 1.54) is 0 Å². The maximum atomic E-state index is 13.3. The summed E-state index contributed by atoms with van der Waals surface area (Å²) < 4.78 is 39.9. The molecule has 1 aromatic carbocycles. The van der Waals surface area contributed by atoms with Gasteiger partial charge in [-0.25, -0.2) is 0 Å². The molecule has 1 N–H and O–H groups in total. The maximum Gasteiger partial charge on any atom is 0.407 e. The Kier molecular flexibility index (Phi) is 4.74. The van der Waals surface area contributed by atoms with Gasteiger partial charge in [-0.15, -0.1) is 0 Å². The molecule has 20 heavy (non-hydrogen) atoms. The fraction of sp³-hybridized carbons (Fsp3) is 0.625. The smallest absolute Gasteiger partial charge is 0.299 e. The van der Waals surface area contributed by atoms with Crippen LogP contribution in [0.2, 0.25) is 0 Å². The third-order valence-electron chi connectivity index (χ3n) is 4.59. The van der Waals surface area contributed by atoms with Crippen molar-refractivity contribution in [2.45, 2.75) is 51.4 Å². The summed E-state index contributed by atoms with van der Waals surface area (Å²) in [6, 6.07) is 6.52. The Morgan fingerprint density at radius 3 is 2.35 bits per heavy atom. The topological polar surface area (TPSA) is 12.0 Å². The molecular weight excluding hydrogens is 263 g/mol. The average molecular weight is 285 g/mol. The highest BCUT2D eigenvalue weighted by atomic mass is 19.4. The molecule has 0 amide bonds. The van der Waals surface area contributed by atoms with Gasteiger partial charge in [-0.2, -0.15) is 13.2 Å². The quantitative estimate of drug-likeness (QED) is 0.845. The standard InChI is InChI=1S/C16H22F3N/c1-3-12-9-10-14(11(12)2)20-15(16(17,18)19)13-7-5-4-6-8-13/h4-8,11-12,14-15,20H,3,9-10H2,1-2H3. The number of nitrogens with one attached hydrogen (secondary N) is 1. The Balaban J connectivity index is 2.14.